The van der Waals surface area contributed by atoms with Gasteiger partial charge in [-0.05, 0) is 25.0 Å². The van der Waals surface area contributed by atoms with Crippen molar-refractivity contribution in [2.75, 3.05) is 12.4 Å². The Morgan fingerprint density at radius 3 is 2.69 bits per heavy atom. The zero-order valence-corrected chi connectivity index (χ0v) is 9.91. The van der Waals surface area contributed by atoms with Crippen LogP contribution < -0.4 is 10.1 Å². The lowest BCUT2D eigenvalue weighted by Gasteiger charge is -2.18. The maximum Gasteiger partial charge on any atom is 0.237 e. The van der Waals surface area contributed by atoms with Gasteiger partial charge in [0.25, 0.3) is 0 Å². The minimum absolute atomic E-state index is 0.584. The summed E-state index contributed by atoms with van der Waals surface area (Å²) < 4.78 is 5.24. The van der Waals surface area contributed by atoms with Gasteiger partial charge in [0.05, 0.1) is 12.8 Å². The van der Waals surface area contributed by atoms with Crippen molar-refractivity contribution in [2.24, 2.45) is 0 Å². The number of aromatic nitrogens is 1. The van der Waals surface area contributed by atoms with Crippen LogP contribution in [-0.2, 0) is 0 Å². The van der Waals surface area contributed by atoms with Gasteiger partial charge in [-0.15, -0.1) is 0 Å². The van der Waals surface area contributed by atoms with Crippen LogP contribution in [0.1, 0.15) is 38.5 Å². The van der Waals surface area contributed by atoms with Crippen molar-refractivity contribution >= 4 is 5.69 Å². The average Bonchev–Trinajstić information content (AvgIpc) is 2.58. The first-order valence-electron chi connectivity index (χ1n) is 6.15. The second-order valence-corrected chi connectivity index (χ2v) is 4.39. The minimum Gasteiger partial charge on any atom is -0.480 e. The third-order valence-corrected chi connectivity index (χ3v) is 3.18. The minimum atomic E-state index is 0.584. The highest BCUT2D eigenvalue weighted by atomic mass is 16.5. The maximum atomic E-state index is 5.24. The summed E-state index contributed by atoms with van der Waals surface area (Å²) in [5.41, 5.74) is 1.02. The normalized spacial score (nSPS) is 17.8. The topological polar surface area (TPSA) is 34.1 Å². The Balaban J connectivity index is 2.01. The summed E-state index contributed by atoms with van der Waals surface area (Å²) in [7, 11) is 1.67. The van der Waals surface area contributed by atoms with Crippen LogP contribution in [0.3, 0.4) is 0 Å². The molecule has 0 saturated heterocycles. The van der Waals surface area contributed by atoms with E-state index in [1.807, 2.05) is 12.1 Å². The van der Waals surface area contributed by atoms with Gasteiger partial charge >= 0.3 is 0 Å². The van der Waals surface area contributed by atoms with Crippen LogP contribution in [0, 0.1) is 0 Å². The van der Waals surface area contributed by atoms with Gasteiger partial charge in [0.2, 0.25) is 5.88 Å². The van der Waals surface area contributed by atoms with Crippen molar-refractivity contribution in [3.05, 3.63) is 18.3 Å². The molecule has 3 heteroatoms. The first kappa shape index (κ1) is 11.2. The zero-order valence-electron chi connectivity index (χ0n) is 9.91. The second-order valence-electron chi connectivity index (χ2n) is 4.39. The average molecular weight is 220 g/mol. The van der Waals surface area contributed by atoms with Gasteiger partial charge in [-0.2, -0.15) is 0 Å². The smallest absolute Gasteiger partial charge is 0.237 e. The lowest BCUT2D eigenvalue weighted by Crippen LogP contribution is -2.18. The summed E-state index contributed by atoms with van der Waals surface area (Å²) in [6.45, 7) is 0. The molecule has 16 heavy (non-hydrogen) atoms. The SMILES string of the molecule is COc1ncccc1NC1CCCCCC1. The van der Waals surface area contributed by atoms with Gasteiger partial charge in [0, 0.05) is 12.2 Å². The van der Waals surface area contributed by atoms with Crippen LogP contribution in [0.25, 0.3) is 0 Å². The highest BCUT2D eigenvalue weighted by Crippen LogP contribution is 2.25. The molecule has 0 aliphatic heterocycles. The molecular formula is C13H20N2O. The zero-order chi connectivity index (χ0) is 11.2. The van der Waals surface area contributed by atoms with E-state index >= 15 is 0 Å². The molecule has 2 rings (SSSR count). The molecule has 3 nitrogen and oxygen atoms in total. The number of pyridine rings is 1. The highest BCUT2D eigenvalue weighted by molar-refractivity contribution is 5.52. The van der Waals surface area contributed by atoms with Gasteiger partial charge in [-0.1, -0.05) is 25.7 Å². The molecule has 1 aliphatic carbocycles. The molecule has 1 fully saturated rings. The number of hydrogen-bond acceptors (Lipinski definition) is 3. The second kappa shape index (κ2) is 5.73. The van der Waals surface area contributed by atoms with E-state index in [0.717, 1.165) is 5.69 Å². The van der Waals surface area contributed by atoms with Crippen LogP contribution in [0.4, 0.5) is 5.69 Å². The fourth-order valence-electron chi connectivity index (χ4n) is 2.31. The molecule has 0 radical (unpaired) electrons. The first-order chi connectivity index (χ1) is 7.90. The van der Waals surface area contributed by atoms with Crippen LogP contribution in [-0.4, -0.2) is 18.1 Å². The fraction of sp³-hybridized carbons (Fsp3) is 0.615. The van der Waals surface area contributed by atoms with Crippen LogP contribution >= 0.6 is 0 Å². The highest BCUT2D eigenvalue weighted by Gasteiger charge is 2.13. The Kier molecular flexibility index (Phi) is 4.03. The largest absolute Gasteiger partial charge is 0.480 e. The molecule has 1 aromatic rings. The van der Waals surface area contributed by atoms with E-state index in [-0.39, 0.29) is 0 Å². The summed E-state index contributed by atoms with van der Waals surface area (Å²) in [5, 5.41) is 3.55. The van der Waals surface area contributed by atoms with E-state index < -0.39 is 0 Å². The Morgan fingerprint density at radius 2 is 2.00 bits per heavy atom. The lowest BCUT2D eigenvalue weighted by molar-refractivity contribution is 0.399. The van der Waals surface area contributed by atoms with Gasteiger partial charge in [0.15, 0.2) is 0 Å². The van der Waals surface area contributed by atoms with Crippen LogP contribution in [0.5, 0.6) is 5.88 Å². The van der Waals surface area contributed by atoms with Crippen molar-refractivity contribution in [2.45, 2.75) is 44.6 Å². The number of hydrogen-bond donors (Lipinski definition) is 1. The van der Waals surface area contributed by atoms with E-state index in [1.165, 1.54) is 38.5 Å². The van der Waals surface area contributed by atoms with E-state index in [2.05, 4.69) is 10.3 Å². The summed E-state index contributed by atoms with van der Waals surface area (Å²) in [5.74, 6) is 0.701. The molecule has 1 heterocycles. The number of ether oxygens (including phenoxy) is 1. The molecule has 0 aromatic carbocycles. The molecule has 0 unspecified atom stereocenters. The molecule has 0 bridgehead atoms. The number of methoxy groups -OCH3 is 1. The van der Waals surface area contributed by atoms with Crippen LogP contribution in [0.15, 0.2) is 18.3 Å². The lowest BCUT2D eigenvalue weighted by atomic mass is 10.1. The monoisotopic (exact) mass is 220 g/mol. The fourth-order valence-corrected chi connectivity index (χ4v) is 2.31. The molecule has 1 saturated carbocycles. The van der Waals surface area contributed by atoms with E-state index in [4.69, 9.17) is 4.74 Å². The Hall–Kier alpha value is -1.25. The first-order valence-corrected chi connectivity index (χ1v) is 6.15. The number of rotatable bonds is 3. The third-order valence-electron chi connectivity index (χ3n) is 3.18. The molecule has 1 aromatic heterocycles. The third kappa shape index (κ3) is 2.87. The van der Waals surface area contributed by atoms with Gasteiger partial charge in [-0.25, -0.2) is 4.98 Å². The Labute approximate surface area is 97.2 Å². The predicted molar refractivity (Wildman–Crippen MR) is 65.9 cm³/mol. The van der Waals surface area contributed by atoms with E-state index in [0.29, 0.717) is 11.9 Å². The standard InChI is InChI=1S/C13H20N2O/c1-16-13-12(9-6-10-14-13)15-11-7-4-2-3-5-8-11/h6,9-11,15H,2-5,7-8H2,1H3. The van der Waals surface area contributed by atoms with Crippen molar-refractivity contribution in [1.29, 1.82) is 0 Å². The molecule has 0 spiro atoms. The van der Waals surface area contributed by atoms with Crippen molar-refractivity contribution < 1.29 is 4.74 Å². The summed E-state index contributed by atoms with van der Waals surface area (Å²) in [6.07, 6.45) is 9.71. The van der Waals surface area contributed by atoms with Crippen molar-refractivity contribution in [3.63, 3.8) is 0 Å². The summed E-state index contributed by atoms with van der Waals surface area (Å²) in [6, 6.07) is 4.57. The van der Waals surface area contributed by atoms with E-state index in [1.54, 1.807) is 13.3 Å². The van der Waals surface area contributed by atoms with Crippen LogP contribution in [0.2, 0.25) is 0 Å². The molecule has 0 amide bonds. The predicted octanol–water partition coefficient (Wildman–Crippen LogP) is 3.22. The van der Waals surface area contributed by atoms with E-state index in [9.17, 15) is 0 Å². The maximum absolute atomic E-state index is 5.24. The molecule has 0 atom stereocenters. The Morgan fingerprint density at radius 1 is 1.25 bits per heavy atom. The Bertz CT molecular complexity index is 319. The molecule has 1 aliphatic rings. The van der Waals surface area contributed by atoms with Crippen molar-refractivity contribution in [1.82, 2.24) is 4.98 Å². The summed E-state index contributed by atoms with van der Waals surface area (Å²) in [4.78, 5) is 4.20. The van der Waals surface area contributed by atoms with Gasteiger partial charge in [-0.3, -0.25) is 0 Å². The summed E-state index contributed by atoms with van der Waals surface area (Å²) >= 11 is 0. The van der Waals surface area contributed by atoms with Gasteiger partial charge in [0.1, 0.15) is 0 Å². The number of nitrogens with one attached hydrogen (secondary N) is 1. The molecule has 1 N–H and O–H groups in total. The quantitative estimate of drug-likeness (QED) is 0.794. The molecule has 88 valence electrons. The molecular weight excluding hydrogens is 200 g/mol. The van der Waals surface area contributed by atoms with Gasteiger partial charge < -0.3 is 10.1 Å². The number of nitrogens with zero attached hydrogens (tertiary/aromatic N) is 1. The van der Waals surface area contributed by atoms with Crippen molar-refractivity contribution in [3.8, 4) is 5.88 Å². The number of anilines is 1.